The zero-order valence-electron chi connectivity index (χ0n) is 21.4. The number of benzene rings is 2. The molecular formula is C27H34F6O3. The van der Waals surface area contributed by atoms with Crippen LogP contribution in [0.2, 0.25) is 0 Å². The van der Waals surface area contributed by atoms with E-state index in [-0.39, 0.29) is 16.6 Å². The summed E-state index contributed by atoms with van der Waals surface area (Å²) >= 11 is 0. The van der Waals surface area contributed by atoms with Crippen LogP contribution in [0.3, 0.4) is 0 Å². The SMILES string of the molecule is CCC(C)(C)CC(c1ccc2cc(OCC(=O)OC(C(F)(F)F)C(F)(F)F)ccc2c1)C(C)(C)CC. The molecule has 2 aromatic rings. The van der Waals surface area contributed by atoms with Gasteiger partial charge in [-0.1, -0.05) is 78.6 Å². The first-order chi connectivity index (χ1) is 16.4. The van der Waals surface area contributed by atoms with Gasteiger partial charge < -0.3 is 9.47 Å². The van der Waals surface area contributed by atoms with Gasteiger partial charge in [0.1, 0.15) is 5.75 Å². The van der Waals surface area contributed by atoms with Crippen molar-refractivity contribution >= 4 is 16.7 Å². The van der Waals surface area contributed by atoms with Crippen LogP contribution < -0.4 is 4.74 Å². The summed E-state index contributed by atoms with van der Waals surface area (Å²) in [7, 11) is 0. The highest BCUT2D eigenvalue weighted by Gasteiger charge is 2.59. The molecule has 9 heteroatoms. The quantitative estimate of drug-likeness (QED) is 0.232. The fraction of sp³-hybridized carbons (Fsp3) is 0.593. The molecule has 0 aromatic heterocycles. The fourth-order valence-corrected chi connectivity index (χ4v) is 3.96. The summed E-state index contributed by atoms with van der Waals surface area (Å²) < 4.78 is 84.2. The number of hydrogen-bond acceptors (Lipinski definition) is 3. The van der Waals surface area contributed by atoms with Crippen molar-refractivity contribution in [3.05, 3.63) is 42.0 Å². The Kier molecular flexibility index (Phi) is 9.01. The third kappa shape index (κ3) is 7.77. The monoisotopic (exact) mass is 520 g/mol. The molecular weight excluding hydrogens is 486 g/mol. The Bertz CT molecular complexity index is 1030. The van der Waals surface area contributed by atoms with Crippen LogP contribution in [0.5, 0.6) is 5.75 Å². The Hall–Kier alpha value is -2.45. The van der Waals surface area contributed by atoms with E-state index in [0.29, 0.717) is 5.92 Å². The smallest absolute Gasteiger partial charge is 0.434 e. The molecule has 1 unspecified atom stereocenters. The van der Waals surface area contributed by atoms with Gasteiger partial charge in [-0.3, -0.25) is 0 Å². The van der Waals surface area contributed by atoms with Gasteiger partial charge in [0.15, 0.2) is 6.61 Å². The van der Waals surface area contributed by atoms with Gasteiger partial charge in [-0.2, -0.15) is 26.3 Å². The second-order valence-corrected chi connectivity index (χ2v) is 10.6. The molecule has 0 aliphatic heterocycles. The van der Waals surface area contributed by atoms with E-state index in [1.807, 2.05) is 12.1 Å². The standard InChI is InChI=1S/C27H34F6O3/c1-7-24(3,4)15-21(25(5,6)8-2)19-10-9-18-14-20(12-11-17(18)13-19)35-16-22(34)36-23(26(28,29)30)27(31,32)33/h9-14,21,23H,7-8,15-16H2,1-6H3. The summed E-state index contributed by atoms with van der Waals surface area (Å²) in [5.74, 6) is -1.34. The number of esters is 1. The van der Waals surface area contributed by atoms with Gasteiger partial charge in [0.05, 0.1) is 0 Å². The molecule has 0 radical (unpaired) electrons. The topological polar surface area (TPSA) is 35.5 Å². The Morgan fingerprint density at radius 3 is 1.92 bits per heavy atom. The van der Waals surface area contributed by atoms with Crippen LogP contribution in [0.4, 0.5) is 26.3 Å². The third-order valence-electron chi connectivity index (χ3n) is 7.01. The van der Waals surface area contributed by atoms with Crippen LogP contribution in [0.25, 0.3) is 10.8 Å². The van der Waals surface area contributed by atoms with Crippen molar-refractivity contribution in [3.8, 4) is 5.75 Å². The van der Waals surface area contributed by atoms with Crippen molar-refractivity contribution < 1.29 is 40.6 Å². The first kappa shape index (κ1) is 29.8. The number of ether oxygens (including phenoxy) is 2. The first-order valence-corrected chi connectivity index (χ1v) is 11.9. The lowest BCUT2D eigenvalue weighted by atomic mass is 9.66. The van der Waals surface area contributed by atoms with Crippen molar-refractivity contribution in [1.29, 1.82) is 0 Å². The Morgan fingerprint density at radius 2 is 1.39 bits per heavy atom. The van der Waals surface area contributed by atoms with Crippen molar-refractivity contribution in [2.24, 2.45) is 10.8 Å². The van der Waals surface area contributed by atoms with E-state index < -0.39 is 31.0 Å². The molecule has 0 aliphatic rings. The van der Waals surface area contributed by atoms with E-state index in [9.17, 15) is 31.1 Å². The minimum absolute atomic E-state index is 0.0637. The molecule has 0 amide bonds. The molecule has 3 nitrogen and oxygen atoms in total. The van der Waals surface area contributed by atoms with Gasteiger partial charge >= 0.3 is 18.3 Å². The summed E-state index contributed by atoms with van der Waals surface area (Å²) in [6.45, 7) is 12.3. The van der Waals surface area contributed by atoms with E-state index in [1.165, 1.54) is 11.6 Å². The Labute approximate surface area is 208 Å². The summed E-state index contributed by atoms with van der Waals surface area (Å²) in [6.07, 6.45) is -12.7. The van der Waals surface area contributed by atoms with Gasteiger partial charge in [-0.05, 0) is 51.6 Å². The van der Waals surface area contributed by atoms with Crippen LogP contribution in [0, 0.1) is 10.8 Å². The fourth-order valence-electron chi connectivity index (χ4n) is 3.96. The number of fused-ring (bicyclic) bond motifs is 1. The maximum absolute atomic E-state index is 12.6. The highest BCUT2D eigenvalue weighted by molar-refractivity contribution is 5.84. The molecule has 2 aromatic carbocycles. The minimum Gasteiger partial charge on any atom is -0.482 e. The molecule has 0 fully saturated rings. The third-order valence-corrected chi connectivity index (χ3v) is 7.01. The van der Waals surface area contributed by atoms with Gasteiger partial charge in [-0.25, -0.2) is 4.79 Å². The van der Waals surface area contributed by atoms with Crippen LogP contribution in [-0.4, -0.2) is 31.0 Å². The zero-order valence-corrected chi connectivity index (χ0v) is 21.4. The van der Waals surface area contributed by atoms with Crippen LogP contribution in [-0.2, 0) is 9.53 Å². The van der Waals surface area contributed by atoms with Crippen LogP contribution in [0.15, 0.2) is 36.4 Å². The molecule has 1 atom stereocenters. The second-order valence-electron chi connectivity index (χ2n) is 10.6. The Morgan fingerprint density at radius 1 is 0.833 bits per heavy atom. The molecule has 0 spiro atoms. The lowest BCUT2D eigenvalue weighted by Crippen LogP contribution is -2.46. The average molecular weight is 521 g/mol. The normalized spacial score (nSPS) is 14.2. The summed E-state index contributed by atoms with van der Waals surface area (Å²) in [6, 6.07) is 10.9. The number of rotatable bonds is 10. The molecule has 36 heavy (non-hydrogen) atoms. The van der Waals surface area contributed by atoms with Crippen molar-refractivity contribution in [1.82, 2.24) is 0 Å². The maximum Gasteiger partial charge on any atom is 0.434 e. The van der Waals surface area contributed by atoms with Gasteiger partial charge in [0.2, 0.25) is 0 Å². The predicted molar refractivity (Wildman–Crippen MR) is 127 cm³/mol. The number of hydrogen-bond donors (Lipinski definition) is 0. The zero-order chi connectivity index (χ0) is 27.5. The summed E-state index contributed by atoms with van der Waals surface area (Å²) in [5, 5.41) is 1.67. The predicted octanol–water partition coefficient (Wildman–Crippen LogP) is 8.60. The van der Waals surface area contributed by atoms with E-state index in [2.05, 4.69) is 52.3 Å². The maximum atomic E-state index is 12.6. The van der Waals surface area contributed by atoms with E-state index >= 15 is 0 Å². The number of halogens is 6. The van der Waals surface area contributed by atoms with Gasteiger partial charge in [0, 0.05) is 0 Å². The molecule has 0 aliphatic carbocycles. The van der Waals surface area contributed by atoms with E-state index in [4.69, 9.17) is 4.74 Å². The largest absolute Gasteiger partial charge is 0.482 e. The lowest BCUT2D eigenvalue weighted by molar-refractivity contribution is -0.313. The van der Waals surface area contributed by atoms with Crippen molar-refractivity contribution in [3.63, 3.8) is 0 Å². The Balaban J connectivity index is 2.21. The van der Waals surface area contributed by atoms with Crippen molar-refractivity contribution in [2.75, 3.05) is 6.61 Å². The number of carbonyl (C=O) groups is 1. The van der Waals surface area contributed by atoms with E-state index in [0.717, 1.165) is 30.0 Å². The van der Waals surface area contributed by atoms with Gasteiger partial charge in [-0.15, -0.1) is 0 Å². The number of carbonyl (C=O) groups excluding carboxylic acids is 1. The highest BCUT2D eigenvalue weighted by atomic mass is 19.4. The molecule has 0 heterocycles. The minimum atomic E-state index is -5.77. The van der Waals surface area contributed by atoms with E-state index in [1.54, 1.807) is 12.1 Å². The summed E-state index contributed by atoms with van der Waals surface area (Å²) in [5.41, 5.74) is 1.42. The van der Waals surface area contributed by atoms with Gasteiger partial charge in [0.25, 0.3) is 6.10 Å². The molecule has 202 valence electrons. The molecule has 0 bridgehead atoms. The number of alkyl halides is 6. The average Bonchev–Trinajstić information content (AvgIpc) is 2.77. The second kappa shape index (κ2) is 10.9. The highest BCUT2D eigenvalue weighted by Crippen LogP contribution is 2.47. The molecule has 0 saturated carbocycles. The lowest BCUT2D eigenvalue weighted by Gasteiger charge is -2.39. The first-order valence-electron chi connectivity index (χ1n) is 11.9. The molecule has 0 saturated heterocycles. The van der Waals surface area contributed by atoms with Crippen LogP contribution in [0.1, 0.15) is 72.3 Å². The molecule has 0 N–H and O–H groups in total. The molecule has 2 rings (SSSR count). The van der Waals surface area contributed by atoms with Crippen molar-refractivity contribution in [2.45, 2.75) is 85.2 Å². The summed E-state index contributed by atoms with van der Waals surface area (Å²) in [4.78, 5) is 11.6. The van der Waals surface area contributed by atoms with Crippen LogP contribution >= 0.6 is 0 Å².